The third-order valence-corrected chi connectivity index (χ3v) is 2.99. The van der Waals surface area contributed by atoms with E-state index in [-0.39, 0.29) is 5.78 Å². The molecule has 82 valence electrons. The highest BCUT2D eigenvalue weighted by Gasteiger charge is 2.06. The molecular weight excluding hydrogens is 224 g/mol. The van der Waals surface area contributed by atoms with E-state index in [9.17, 15) is 4.79 Å². The zero-order valence-corrected chi connectivity index (χ0v) is 9.73. The van der Waals surface area contributed by atoms with Crippen LogP contribution in [0, 0.1) is 0 Å². The van der Waals surface area contributed by atoms with Gasteiger partial charge >= 0.3 is 0 Å². The van der Waals surface area contributed by atoms with Crippen molar-refractivity contribution in [1.29, 1.82) is 0 Å². The summed E-state index contributed by atoms with van der Waals surface area (Å²) >= 11 is 1.38. The second-order valence-corrected chi connectivity index (χ2v) is 4.25. The molecular formula is C10H10N4OS. The molecule has 0 spiro atoms. The number of carbonyl (C=O) groups excluding carboxylic acids is 1. The molecule has 0 saturated heterocycles. The minimum absolute atomic E-state index is 0.0298. The van der Waals surface area contributed by atoms with Gasteiger partial charge in [0, 0.05) is 18.8 Å². The van der Waals surface area contributed by atoms with Crippen LogP contribution in [0.25, 0.3) is 0 Å². The molecule has 0 N–H and O–H groups in total. The first-order chi connectivity index (χ1) is 7.66. The maximum Gasteiger partial charge on any atom is 0.197 e. The largest absolute Gasteiger partial charge is 0.311 e. The van der Waals surface area contributed by atoms with Crippen LogP contribution in [0.3, 0.4) is 0 Å². The zero-order valence-electron chi connectivity index (χ0n) is 8.91. The molecule has 0 atom stereocenters. The summed E-state index contributed by atoms with van der Waals surface area (Å²) in [5, 5.41) is 9.19. The molecule has 0 bridgehead atoms. The van der Waals surface area contributed by atoms with Crippen LogP contribution in [0.5, 0.6) is 0 Å². The maximum atomic E-state index is 11.2. The highest BCUT2D eigenvalue weighted by atomic mass is 32.2. The molecule has 0 aliphatic rings. The first-order valence-electron chi connectivity index (χ1n) is 4.65. The monoisotopic (exact) mass is 234 g/mol. The Kier molecular flexibility index (Phi) is 3.00. The molecule has 2 heterocycles. The van der Waals surface area contributed by atoms with Crippen LogP contribution >= 0.6 is 11.8 Å². The molecule has 6 heteroatoms. The zero-order chi connectivity index (χ0) is 11.5. The van der Waals surface area contributed by atoms with E-state index in [4.69, 9.17) is 0 Å². The fraction of sp³-hybridized carbons (Fsp3) is 0.200. The number of aromatic nitrogens is 4. The topological polar surface area (TPSA) is 60.7 Å². The van der Waals surface area contributed by atoms with Crippen LogP contribution in [0.15, 0.2) is 34.8 Å². The first-order valence-corrected chi connectivity index (χ1v) is 5.47. The summed E-state index contributed by atoms with van der Waals surface area (Å²) in [6.07, 6.45) is 3.24. The standard InChI is InChI=1S/C10H10N4OS/c1-7(15)8-3-4-11-9(5-8)16-10-13-12-6-14(10)2/h3-6H,1-2H3. The predicted molar refractivity (Wildman–Crippen MR) is 59.4 cm³/mol. The molecule has 5 nitrogen and oxygen atoms in total. The Morgan fingerprint density at radius 1 is 1.50 bits per heavy atom. The number of hydrogen-bond donors (Lipinski definition) is 0. The molecule has 0 aliphatic heterocycles. The molecule has 0 fully saturated rings. The summed E-state index contributed by atoms with van der Waals surface area (Å²) in [7, 11) is 1.86. The van der Waals surface area contributed by atoms with Gasteiger partial charge < -0.3 is 4.57 Å². The number of aryl methyl sites for hydroxylation is 1. The van der Waals surface area contributed by atoms with Crippen molar-refractivity contribution in [3.05, 3.63) is 30.2 Å². The fourth-order valence-electron chi connectivity index (χ4n) is 1.14. The van der Waals surface area contributed by atoms with Gasteiger partial charge in [-0.25, -0.2) is 4.98 Å². The van der Waals surface area contributed by atoms with Gasteiger partial charge in [0.15, 0.2) is 10.9 Å². The van der Waals surface area contributed by atoms with Gasteiger partial charge in [0.25, 0.3) is 0 Å². The molecule has 0 aromatic carbocycles. The van der Waals surface area contributed by atoms with Gasteiger partial charge in [-0.05, 0) is 30.8 Å². The Morgan fingerprint density at radius 3 is 2.94 bits per heavy atom. The van der Waals surface area contributed by atoms with Crippen LogP contribution < -0.4 is 0 Å². The first kappa shape index (κ1) is 10.8. The van der Waals surface area contributed by atoms with Crippen molar-refractivity contribution in [3.63, 3.8) is 0 Å². The van der Waals surface area contributed by atoms with Crippen molar-refractivity contribution in [2.75, 3.05) is 0 Å². The van der Waals surface area contributed by atoms with Crippen molar-refractivity contribution in [1.82, 2.24) is 19.7 Å². The SMILES string of the molecule is CC(=O)c1ccnc(Sc2nncn2C)c1. The maximum absolute atomic E-state index is 11.2. The molecule has 0 amide bonds. The van der Waals surface area contributed by atoms with Crippen molar-refractivity contribution in [2.24, 2.45) is 7.05 Å². The molecule has 2 aromatic heterocycles. The molecule has 0 saturated carbocycles. The highest BCUT2D eigenvalue weighted by molar-refractivity contribution is 7.99. The van der Waals surface area contributed by atoms with Crippen LogP contribution in [-0.2, 0) is 7.05 Å². The minimum Gasteiger partial charge on any atom is -0.311 e. The summed E-state index contributed by atoms with van der Waals surface area (Å²) < 4.78 is 1.80. The van der Waals surface area contributed by atoms with Crippen LogP contribution in [-0.4, -0.2) is 25.5 Å². The van der Waals surface area contributed by atoms with E-state index in [0.717, 1.165) is 10.2 Å². The second kappa shape index (κ2) is 4.44. The number of Topliss-reactive ketones (excluding diaryl/α,β-unsaturated/α-hetero) is 1. The van der Waals surface area contributed by atoms with E-state index in [2.05, 4.69) is 15.2 Å². The average molecular weight is 234 g/mol. The minimum atomic E-state index is 0.0298. The smallest absolute Gasteiger partial charge is 0.197 e. The number of rotatable bonds is 3. The van der Waals surface area contributed by atoms with E-state index in [0.29, 0.717) is 5.56 Å². The van der Waals surface area contributed by atoms with E-state index in [1.54, 1.807) is 29.2 Å². The van der Waals surface area contributed by atoms with Crippen molar-refractivity contribution in [2.45, 2.75) is 17.1 Å². The van der Waals surface area contributed by atoms with Gasteiger partial charge in [0.05, 0.1) is 0 Å². The molecule has 2 aromatic rings. The Balaban J connectivity index is 2.25. The molecule has 16 heavy (non-hydrogen) atoms. The lowest BCUT2D eigenvalue weighted by Gasteiger charge is -2.01. The predicted octanol–water partition coefficient (Wildman–Crippen LogP) is 1.56. The lowest BCUT2D eigenvalue weighted by molar-refractivity contribution is 0.101. The Hall–Kier alpha value is -1.69. The van der Waals surface area contributed by atoms with E-state index in [1.807, 2.05) is 7.05 Å². The lowest BCUT2D eigenvalue weighted by atomic mass is 10.2. The second-order valence-electron chi connectivity index (χ2n) is 3.27. The summed E-state index contributed by atoms with van der Waals surface area (Å²) in [6.45, 7) is 1.53. The fourth-order valence-corrected chi connectivity index (χ4v) is 1.91. The third-order valence-electron chi connectivity index (χ3n) is 2.01. The molecule has 0 aliphatic carbocycles. The van der Waals surface area contributed by atoms with Gasteiger partial charge in [-0.1, -0.05) is 0 Å². The normalized spacial score (nSPS) is 10.4. The third kappa shape index (κ3) is 2.27. The van der Waals surface area contributed by atoms with Gasteiger partial charge in [-0.2, -0.15) is 0 Å². The van der Waals surface area contributed by atoms with E-state index < -0.39 is 0 Å². The Labute approximate surface area is 96.9 Å². The van der Waals surface area contributed by atoms with Gasteiger partial charge in [-0.3, -0.25) is 4.79 Å². The van der Waals surface area contributed by atoms with Crippen molar-refractivity contribution < 1.29 is 4.79 Å². The van der Waals surface area contributed by atoms with Crippen molar-refractivity contribution in [3.8, 4) is 0 Å². The van der Waals surface area contributed by atoms with Crippen LogP contribution in [0.2, 0.25) is 0 Å². The Morgan fingerprint density at radius 2 is 2.31 bits per heavy atom. The summed E-state index contributed by atoms with van der Waals surface area (Å²) in [5.41, 5.74) is 0.652. The number of carbonyl (C=O) groups is 1. The Bertz CT molecular complexity index is 523. The number of hydrogen-bond acceptors (Lipinski definition) is 5. The van der Waals surface area contributed by atoms with Crippen LogP contribution in [0.1, 0.15) is 17.3 Å². The van der Waals surface area contributed by atoms with Crippen molar-refractivity contribution >= 4 is 17.5 Å². The van der Waals surface area contributed by atoms with E-state index >= 15 is 0 Å². The van der Waals surface area contributed by atoms with Gasteiger partial charge in [-0.15, -0.1) is 10.2 Å². The number of nitrogens with zero attached hydrogens (tertiary/aromatic N) is 4. The summed E-state index contributed by atoms with van der Waals surface area (Å²) in [4.78, 5) is 15.4. The highest BCUT2D eigenvalue weighted by Crippen LogP contribution is 2.23. The number of ketones is 1. The molecule has 0 unspecified atom stereocenters. The van der Waals surface area contributed by atoms with Gasteiger partial charge in [0.2, 0.25) is 0 Å². The summed E-state index contributed by atoms with van der Waals surface area (Å²) in [5.74, 6) is 0.0298. The molecule has 0 radical (unpaired) electrons. The van der Waals surface area contributed by atoms with E-state index in [1.165, 1.54) is 18.7 Å². The summed E-state index contributed by atoms with van der Waals surface area (Å²) in [6, 6.07) is 3.45. The quantitative estimate of drug-likeness (QED) is 0.754. The van der Waals surface area contributed by atoms with Crippen LogP contribution in [0.4, 0.5) is 0 Å². The molecule has 2 rings (SSSR count). The number of pyridine rings is 1. The lowest BCUT2D eigenvalue weighted by Crippen LogP contribution is -1.94. The van der Waals surface area contributed by atoms with Gasteiger partial charge in [0.1, 0.15) is 11.4 Å². The average Bonchev–Trinajstić information content (AvgIpc) is 2.65.